The number of ether oxygens (including phenoxy) is 3. The first kappa shape index (κ1) is 22.5. The summed E-state index contributed by atoms with van der Waals surface area (Å²) in [5, 5.41) is 0.530. The molecule has 2 aromatic rings. The Morgan fingerprint density at radius 2 is 1.94 bits per heavy atom. The molecule has 2 aromatic carbocycles. The highest BCUT2D eigenvalue weighted by molar-refractivity contribution is 6.31. The van der Waals surface area contributed by atoms with Gasteiger partial charge in [0.05, 0.1) is 25.7 Å². The molecule has 1 amide bonds. The van der Waals surface area contributed by atoms with Crippen LogP contribution in [0.4, 0.5) is 0 Å². The molecule has 6 nitrogen and oxygen atoms in total. The van der Waals surface area contributed by atoms with Crippen molar-refractivity contribution in [2.24, 2.45) is 0 Å². The van der Waals surface area contributed by atoms with Crippen LogP contribution >= 0.6 is 11.6 Å². The number of likely N-dealkylation sites (tertiary alicyclic amines) is 1. The van der Waals surface area contributed by atoms with E-state index in [0.717, 1.165) is 5.56 Å². The summed E-state index contributed by atoms with van der Waals surface area (Å²) in [7, 11) is 1.61. The van der Waals surface area contributed by atoms with E-state index in [1.54, 1.807) is 25.3 Å². The van der Waals surface area contributed by atoms with Crippen LogP contribution in [-0.4, -0.2) is 49.0 Å². The summed E-state index contributed by atoms with van der Waals surface area (Å²) in [6.45, 7) is 3.67. The highest BCUT2D eigenvalue weighted by Gasteiger charge is 2.43. The number of ketones is 1. The van der Waals surface area contributed by atoms with E-state index in [1.165, 1.54) is 0 Å². The molecule has 1 saturated heterocycles. The molecule has 1 fully saturated rings. The van der Waals surface area contributed by atoms with Gasteiger partial charge in [-0.05, 0) is 49.2 Å². The monoisotopic (exact) mass is 457 g/mol. The van der Waals surface area contributed by atoms with Crippen LogP contribution in [0.5, 0.6) is 17.2 Å². The second kappa shape index (κ2) is 9.41. The number of benzene rings is 2. The van der Waals surface area contributed by atoms with Crippen LogP contribution in [0.25, 0.3) is 0 Å². The number of carbonyl (C=O) groups is 2. The summed E-state index contributed by atoms with van der Waals surface area (Å²) in [5.74, 6) is 2.14. The van der Waals surface area contributed by atoms with E-state index in [-0.39, 0.29) is 11.7 Å². The fraction of sp³-hybridized carbons (Fsp3) is 0.440. The number of halogens is 1. The molecule has 7 heteroatoms. The number of Topliss-reactive ketones (excluding diaryl/α,β-unsaturated/α-hetero) is 1. The molecule has 0 saturated carbocycles. The van der Waals surface area contributed by atoms with Crippen LogP contribution in [0.3, 0.4) is 0 Å². The van der Waals surface area contributed by atoms with Gasteiger partial charge in [-0.2, -0.15) is 0 Å². The van der Waals surface area contributed by atoms with Crippen LogP contribution in [0, 0.1) is 0 Å². The summed E-state index contributed by atoms with van der Waals surface area (Å²) in [6, 6.07) is 10.9. The number of carbonyl (C=O) groups excluding carboxylic acids is 2. The Hall–Kier alpha value is -2.73. The second-order valence-corrected chi connectivity index (χ2v) is 8.76. The Morgan fingerprint density at radius 1 is 1.16 bits per heavy atom. The molecule has 0 radical (unpaired) electrons. The zero-order valence-electron chi connectivity index (χ0n) is 18.5. The number of fused-ring (bicyclic) bond motifs is 1. The minimum Gasteiger partial charge on any atom is -0.493 e. The number of hydrogen-bond donors (Lipinski definition) is 0. The van der Waals surface area contributed by atoms with E-state index >= 15 is 0 Å². The summed E-state index contributed by atoms with van der Waals surface area (Å²) in [4.78, 5) is 27.4. The molecule has 0 unspecified atom stereocenters. The number of methoxy groups -OCH3 is 1. The zero-order valence-corrected chi connectivity index (χ0v) is 19.2. The molecule has 4 rings (SSSR count). The van der Waals surface area contributed by atoms with Gasteiger partial charge in [0.2, 0.25) is 5.91 Å². The lowest BCUT2D eigenvalue weighted by atomic mass is 9.82. The van der Waals surface area contributed by atoms with E-state index in [4.69, 9.17) is 25.8 Å². The van der Waals surface area contributed by atoms with E-state index < -0.39 is 5.60 Å². The first-order chi connectivity index (χ1) is 15.4. The highest BCUT2D eigenvalue weighted by Crippen LogP contribution is 2.40. The van der Waals surface area contributed by atoms with Crippen LogP contribution in [-0.2, 0) is 11.2 Å². The third-order valence-electron chi connectivity index (χ3n) is 6.23. The average molecular weight is 458 g/mol. The highest BCUT2D eigenvalue weighted by atomic mass is 35.5. The molecule has 0 atom stereocenters. The number of piperidine rings is 1. The number of aryl methyl sites for hydroxylation is 1. The van der Waals surface area contributed by atoms with Gasteiger partial charge in [-0.3, -0.25) is 9.59 Å². The molecule has 1 spiro atoms. The summed E-state index contributed by atoms with van der Waals surface area (Å²) in [6.07, 6.45) is 2.67. The third-order valence-corrected chi connectivity index (χ3v) is 6.47. The van der Waals surface area contributed by atoms with E-state index in [0.29, 0.717) is 79.6 Å². The van der Waals surface area contributed by atoms with Crippen molar-refractivity contribution in [1.82, 2.24) is 4.90 Å². The van der Waals surface area contributed by atoms with Gasteiger partial charge in [0.15, 0.2) is 17.3 Å². The summed E-state index contributed by atoms with van der Waals surface area (Å²) >= 11 is 6.02. The van der Waals surface area contributed by atoms with Crippen molar-refractivity contribution < 1.29 is 23.8 Å². The molecule has 170 valence electrons. The average Bonchev–Trinajstić information content (AvgIpc) is 2.79. The number of hydrogen-bond acceptors (Lipinski definition) is 5. The first-order valence-corrected chi connectivity index (χ1v) is 11.4. The molecule has 0 aromatic heterocycles. The predicted octanol–water partition coefficient (Wildman–Crippen LogP) is 4.71. The molecule has 2 heterocycles. The maximum absolute atomic E-state index is 12.8. The minimum absolute atomic E-state index is 0.0537. The molecular weight excluding hydrogens is 430 g/mol. The molecule has 0 N–H and O–H groups in total. The van der Waals surface area contributed by atoms with E-state index in [1.807, 2.05) is 30.0 Å². The van der Waals surface area contributed by atoms with Gasteiger partial charge < -0.3 is 19.1 Å². The van der Waals surface area contributed by atoms with Crippen molar-refractivity contribution in [3.05, 3.63) is 52.5 Å². The van der Waals surface area contributed by atoms with Crippen molar-refractivity contribution in [2.45, 2.75) is 44.6 Å². The lowest BCUT2D eigenvalue weighted by Gasteiger charge is -2.44. The van der Waals surface area contributed by atoms with Crippen LogP contribution in [0.1, 0.15) is 48.5 Å². The lowest BCUT2D eigenvalue weighted by molar-refractivity contribution is -0.134. The molecule has 32 heavy (non-hydrogen) atoms. The lowest BCUT2D eigenvalue weighted by Crippen LogP contribution is -2.52. The van der Waals surface area contributed by atoms with Gasteiger partial charge in [-0.1, -0.05) is 17.7 Å². The summed E-state index contributed by atoms with van der Waals surface area (Å²) in [5.41, 5.74) is 1.05. The van der Waals surface area contributed by atoms with Gasteiger partial charge >= 0.3 is 0 Å². The minimum atomic E-state index is -0.531. The maximum Gasteiger partial charge on any atom is 0.222 e. The van der Waals surface area contributed by atoms with E-state index in [2.05, 4.69) is 0 Å². The number of amides is 1. The smallest absolute Gasteiger partial charge is 0.222 e. The summed E-state index contributed by atoms with van der Waals surface area (Å²) < 4.78 is 17.2. The van der Waals surface area contributed by atoms with Gasteiger partial charge in [0, 0.05) is 37.4 Å². The zero-order chi connectivity index (χ0) is 22.7. The van der Waals surface area contributed by atoms with Gasteiger partial charge in [-0.25, -0.2) is 0 Å². The van der Waals surface area contributed by atoms with Crippen molar-refractivity contribution in [1.29, 1.82) is 0 Å². The Kier molecular flexibility index (Phi) is 6.60. The van der Waals surface area contributed by atoms with Gasteiger partial charge in [-0.15, -0.1) is 0 Å². The van der Waals surface area contributed by atoms with Crippen molar-refractivity contribution in [3.63, 3.8) is 0 Å². The Labute approximate surface area is 193 Å². The normalized spacial score (nSPS) is 17.0. The largest absolute Gasteiger partial charge is 0.493 e. The van der Waals surface area contributed by atoms with Gasteiger partial charge in [0.25, 0.3) is 0 Å². The molecule has 2 aliphatic heterocycles. The maximum atomic E-state index is 12.8. The molecule has 0 aliphatic carbocycles. The molecule has 0 bridgehead atoms. The fourth-order valence-corrected chi connectivity index (χ4v) is 4.63. The van der Waals surface area contributed by atoms with Crippen molar-refractivity contribution in [2.75, 3.05) is 26.8 Å². The van der Waals surface area contributed by atoms with Crippen LogP contribution in [0.15, 0.2) is 36.4 Å². The number of nitrogens with zero attached hydrogens (tertiary/aromatic N) is 1. The topological polar surface area (TPSA) is 65.1 Å². The quantitative estimate of drug-likeness (QED) is 0.628. The SMILES string of the molecule is CCOc1ccc(CCC(=O)N2CCC3(CC2)CC(=O)c2cc(Cl)ccc2O3)cc1OC. The fourth-order valence-electron chi connectivity index (χ4n) is 4.46. The van der Waals surface area contributed by atoms with Crippen LogP contribution in [0.2, 0.25) is 5.02 Å². The van der Waals surface area contributed by atoms with Crippen LogP contribution < -0.4 is 14.2 Å². The molecule has 2 aliphatic rings. The Morgan fingerprint density at radius 3 is 2.66 bits per heavy atom. The first-order valence-electron chi connectivity index (χ1n) is 11.0. The predicted molar refractivity (Wildman–Crippen MR) is 122 cm³/mol. The Bertz CT molecular complexity index is 1010. The van der Waals surface area contributed by atoms with E-state index in [9.17, 15) is 9.59 Å². The Balaban J connectivity index is 1.33. The van der Waals surface area contributed by atoms with Crippen molar-refractivity contribution in [3.8, 4) is 17.2 Å². The standard InChI is InChI=1S/C25H28ClNO5/c1-3-31-22-7-4-17(14-23(22)30-2)5-9-24(29)27-12-10-25(11-13-27)16-20(28)19-15-18(26)6-8-21(19)32-25/h4,6-8,14-15H,3,5,9-13,16H2,1-2H3. The van der Waals surface area contributed by atoms with Gasteiger partial charge in [0.1, 0.15) is 11.4 Å². The second-order valence-electron chi connectivity index (χ2n) is 8.32. The number of rotatable bonds is 6. The van der Waals surface area contributed by atoms with Crippen molar-refractivity contribution >= 4 is 23.3 Å². The molecular formula is C25H28ClNO5. The third kappa shape index (κ3) is 4.70.